The maximum atomic E-state index is 12.1. The Morgan fingerprint density at radius 3 is 2.53 bits per heavy atom. The van der Waals surface area contributed by atoms with Crippen LogP contribution in [0.25, 0.3) is 0 Å². The molecule has 0 spiro atoms. The fourth-order valence-corrected chi connectivity index (χ4v) is 1.46. The highest BCUT2D eigenvalue weighted by Crippen LogP contribution is 2.21. The number of hydrogen-bond acceptors (Lipinski definition) is 2. The molecule has 2 N–H and O–H groups in total. The van der Waals surface area contributed by atoms with Gasteiger partial charge in [-0.3, -0.25) is 4.79 Å². The summed E-state index contributed by atoms with van der Waals surface area (Å²) >= 11 is 5.62. The molecule has 1 aromatic rings. The molecule has 0 radical (unpaired) electrons. The molecule has 0 saturated heterocycles. The van der Waals surface area contributed by atoms with Gasteiger partial charge in [-0.15, -0.1) is 0 Å². The van der Waals surface area contributed by atoms with Crippen molar-refractivity contribution < 1.29 is 18.0 Å². The lowest BCUT2D eigenvalue weighted by Crippen LogP contribution is -2.36. The summed E-state index contributed by atoms with van der Waals surface area (Å²) in [5, 5.41) is 0.317. The van der Waals surface area contributed by atoms with Crippen molar-refractivity contribution in [3.05, 3.63) is 28.8 Å². The van der Waals surface area contributed by atoms with Crippen molar-refractivity contribution in [1.29, 1.82) is 0 Å². The second kappa shape index (κ2) is 4.83. The topological polar surface area (TPSA) is 46.3 Å². The van der Waals surface area contributed by atoms with Crippen molar-refractivity contribution in [1.82, 2.24) is 4.90 Å². The fraction of sp³-hybridized carbons (Fsp3) is 0.300. The first-order valence-electron chi connectivity index (χ1n) is 4.58. The zero-order valence-electron chi connectivity index (χ0n) is 8.88. The molecular formula is C10H10ClF3N2O. The lowest BCUT2D eigenvalue weighted by atomic mass is 10.1. The minimum Gasteiger partial charge on any atom is -0.398 e. The first-order valence-corrected chi connectivity index (χ1v) is 4.96. The van der Waals surface area contributed by atoms with E-state index in [-0.39, 0.29) is 11.3 Å². The van der Waals surface area contributed by atoms with E-state index in [1.54, 1.807) is 0 Å². The molecule has 1 aromatic carbocycles. The maximum absolute atomic E-state index is 12.1. The van der Waals surface area contributed by atoms with Gasteiger partial charge in [0.15, 0.2) is 0 Å². The van der Waals surface area contributed by atoms with E-state index in [4.69, 9.17) is 17.3 Å². The third kappa shape index (κ3) is 3.81. The van der Waals surface area contributed by atoms with E-state index in [0.29, 0.717) is 9.92 Å². The van der Waals surface area contributed by atoms with Crippen molar-refractivity contribution in [2.45, 2.75) is 6.18 Å². The van der Waals surface area contributed by atoms with Crippen LogP contribution in [-0.2, 0) is 0 Å². The fourth-order valence-electron chi connectivity index (χ4n) is 1.27. The van der Waals surface area contributed by atoms with Gasteiger partial charge in [-0.25, -0.2) is 0 Å². The largest absolute Gasteiger partial charge is 0.406 e. The average Bonchev–Trinajstić information content (AvgIpc) is 2.14. The van der Waals surface area contributed by atoms with Gasteiger partial charge in [0.05, 0.1) is 5.56 Å². The SMILES string of the molecule is CN(CC(F)(F)F)C(=O)c1ccc(Cl)cc1N. The second-order valence-electron chi connectivity index (χ2n) is 3.51. The molecule has 0 aliphatic rings. The number of carbonyl (C=O) groups is 1. The lowest BCUT2D eigenvalue weighted by Gasteiger charge is -2.19. The Balaban J connectivity index is 2.89. The van der Waals surface area contributed by atoms with E-state index >= 15 is 0 Å². The molecule has 17 heavy (non-hydrogen) atoms. The van der Waals surface area contributed by atoms with Crippen LogP contribution in [0.2, 0.25) is 5.02 Å². The first-order chi connectivity index (χ1) is 7.70. The van der Waals surface area contributed by atoms with Crippen LogP contribution in [0.5, 0.6) is 0 Å². The van der Waals surface area contributed by atoms with Gasteiger partial charge in [0, 0.05) is 17.8 Å². The smallest absolute Gasteiger partial charge is 0.398 e. The van der Waals surface area contributed by atoms with Crippen molar-refractivity contribution in [2.24, 2.45) is 0 Å². The standard InChI is InChI=1S/C10H10ClF3N2O/c1-16(5-10(12,13)14)9(17)7-3-2-6(11)4-8(7)15/h2-4H,5,15H2,1H3. The number of nitrogens with zero attached hydrogens (tertiary/aromatic N) is 1. The van der Waals surface area contributed by atoms with Gasteiger partial charge in [0.1, 0.15) is 6.54 Å². The molecule has 1 rings (SSSR count). The normalized spacial score (nSPS) is 11.4. The molecule has 0 aromatic heterocycles. The number of halogens is 4. The zero-order chi connectivity index (χ0) is 13.2. The molecular weight excluding hydrogens is 257 g/mol. The average molecular weight is 267 g/mol. The quantitative estimate of drug-likeness (QED) is 0.836. The Morgan fingerprint density at radius 2 is 2.06 bits per heavy atom. The van der Waals surface area contributed by atoms with Gasteiger partial charge in [-0.1, -0.05) is 11.6 Å². The molecule has 0 unspecified atom stereocenters. The zero-order valence-corrected chi connectivity index (χ0v) is 9.64. The number of benzene rings is 1. The molecule has 0 atom stereocenters. The number of anilines is 1. The van der Waals surface area contributed by atoms with E-state index in [0.717, 1.165) is 7.05 Å². The number of alkyl halides is 3. The number of amides is 1. The van der Waals surface area contributed by atoms with Gasteiger partial charge < -0.3 is 10.6 Å². The van der Waals surface area contributed by atoms with Crippen molar-refractivity contribution in [3.63, 3.8) is 0 Å². The molecule has 7 heteroatoms. The van der Waals surface area contributed by atoms with E-state index in [2.05, 4.69) is 0 Å². The summed E-state index contributed by atoms with van der Waals surface area (Å²) in [4.78, 5) is 12.2. The summed E-state index contributed by atoms with van der Waals surface area (Å²) in [5.41, 5.74) is 5.56. The van der Waals surface area contributed by atoms with Gasteiger partial charge in [-0.05, 0) is 18.2 Å². The summed E-state index contributed by atoms with van der Waals surface area (Å²) < 4.78 is 36.3. The number of nitrogens with two attached hydrogens (primary N) is 1. The Hall–Kier alpha value is -1.43. The molecule has 0 fully saturated rings. The highest BCUT2D eigenvalue weighted by atomic mass is 35.5. The van der Waals surface area contributed by atoms with Crippen LogP contribution in [0.4, 0.5) is 18.9 Å². The van der Waals surface area contributed by atoms with E-state index in [1.165, 1.54) is 18.2 Å². The highest BCUT2D eigenvalue weighted by molar-refractivity contribution is 6.31. The van der Waals surface area contributed by atoms with Crippen LogP contribution >= 0.6 is 11.6 Å². The predicted octanol–water partition coefficient (Wildman–Crippen LogP) is 2.56. The first kappa shape index (κ1) is 13.6. The highest BCUT2D eigenvalue weighted by Gasteiger charge is 2.31. The Kier molecular flexibility index (Phi) is 3.87. The molecule has 0 aliphatic heterocycles. The molecule has 0 aliphatic carbocycles. The minimum absolute atomic E-state index is 0.00106. The summed E-state index contributed by atoms with van der Waals surface area (Å²) in [6.07, 6.45) is -4.44. The van der Waals surface area contributed by atoms with Crippen LogP contribution in [0.1, 0.15) is 10.4 Å². The van der Waals surface area contributed by atoms with Crippen molar-refractivity contribution in [3.8, 4) is 0 Å². The molecule has 0 bridgehead atoms. The van der Waals surface area contributed by atoms with Gasteiger partial charge in [0.25, 0.3) is 5.91 Å². The van der Waals surface area contributed by atoms with E-state index < -0.39 is 18.6 Å². The molecule has 0 heterocycles. The maximum Gasteiger partial charge on any atom is 0.406 e. The van der Waals surface area contributed by atoms with Gasteiger partial charge in [-0.2, -0.15) is 13.2 Å². The summed E-state index contributed by atoms with van der Waals surface area (Å²) in [6, 6.07) is 4.01. The van der Waals surface area contributed by atoms with Crippen molar-refractivity contribution in [2.75, 3.05) is 19.3 Å². The van der Waals surface area contributed by atoms with Crippen molar-refractivity contribution >= 4 is 23.2 Å². The van der Waals surface area contributed by atoms with Gasteiger partial charge in [0.2, 0.25) is 0 Å². The molecule has 0 saturated carbocycles. The van der Waals surface area contributed by atoms with Gasteiger partial charge >= 0.3 is 6.18 Å². The monoisotopic (exact) mass is 266 g/mol. The molecule has 1 amide bonds. The van der Waals surface area contributed by atoms with Crippen LogP contribution in [0.3, 0.4) is 0 Å². The van der Waals surface area contributed by atoms with E-state index in [9.17, 15) is 18.0 Å². The number of rotatable bonds is 2. The van der Waals surface area contributed by atoms with E-state index in [1.807, 2.05) is 0 Å². The summed E-state index contributed by atoms with van der Waals surface area (Å²) in [6.45, 7) is -1.33. The Morgan fingerprint density at radius 1 is 1.47 bits per heavy atom. The lowest BCUT2D eigenvalue weighted by molar-refractivity contribution is -0.138. The van der Waals surface area contributed by atoms with Crippen LogP contribution < -0.4 is 5.73 Å². The van der Waals surface area contributed by atoms with Crippen LogP contribution in [0, 0.1) is 0 Å². The Bertz CT molecular complexity index is 434. The number of hydrogen-bond donors (Lipinski definition) is 1. The Labute approximate surface area is 101 Å². The summed E-state index contributed by atoms with van der Waals surface area (Å²) in [5.74, 6) is -0.795. The third-order valence-electron chi connectivity index (χ3n) is 2.01. The third-order valence-corrected chi connectivity index (χ3v) is 2.24. The predicted molar refractivity (Wildman–Crippen MR) is 58.9 cm³/mol. The minimum atomic E-state index is -4.44. The molecule has 3 nitrogen and oxygen atoms in total. The van der Waals surface area contributed by atoms with Crippen LogP contribution in [0.15, 0.2) is 18.2 Å². The second-order valence-corrected chi connectivity index (χ2v) is 3.94. The number of nitrogen functional groups attached to an aromatic ring is 1. The van der Waals surface area contributed by atoms with Crippen LogP contribution in [-0.4, -0.2) is 30.6 Å². The molecule has 94 valence electrons. The number of carbonyl (C=O) groups excluding carboxylic acids is 1. The summed E-state index contributed by atoms with van der Waals surface area (Å²) in [7, 11) is 1.06.